The average Bonchev–Trinajstić information content (AvgIpc) is 2.61. The maximum atomic E-state index is 12.7. The van der Waals surface area contributed by atoms with Crippen molar-refractivity contribution in [2.24, 2.45) is 0 Å². The van der Waals surface area contributed by atoms with Crippen molar-refractivity contribution in [2.45, 2.75) is 91.3 Å². The zero-order valence-electron chi connectivity index (χ0n) is 18.0. The van der Waals surface area contributed by atoms with Crippen molar-refractivity contribution in [1.82, 2.24) is 9.88 Å². The molecular formula is C22H37N3O2. The number of carbonyl (C=O) groups is 1. The van der Waals surface area contributed by atoms with E-state index in [1.165, 1.54) is 31.2 Å². The van der Waals surface area contributed by atoms with Crippen LogP contribution in [0, 0.1) is 0 Å². The van der Waals surface area contributed by atoms with Crippen molar-refractivity contribution in [3.05, 3.63) is 23.9 Å². The predicted molar refractivity (Wildman–Crippen MR) is 111 cm³/mol. The molecule has 1 amide bonds. The molecule has 1 aliphatic heterocycles. The Morgan fingerprint density at radius 3 is 2.63 bits per heavy atom. The molecule has 0 aliphatic carbocycles. The molecule has 27 heavy (non-hydrogen) atoms. The Kier molecular flexibility index (Phi) is 7.66. The first-order valence-electron chi connectivity index (χ1n) is 10.5. The van der Waals surface area contributed by atoms with Crippen LogP contribution in [0.3, 0.4) is 0 Å². The molecule has 0 bridgehead atoms. The van der Waals surface area contributed by atoms with Gasteiger partial charge in [-0.05, 0) is 78.1 Å². The van der Waals surface area contributed by atoms with Crippen LogP contribution < -0.4 is 4.90 Å². The van der Waals surface area contributed by atoms with Gasteiger partial charge in [0, 0.05) is 18.3 Å². The molecule has 0 radical (unpaired) electrons. The minimum atomic E-state index is -0.522. The molecule has 2 unspecified atom stereocenters. The molecule has 152 valence electrons. The molecule has 2 atom stereocenters. The van der Waals surface area contributed by atoms with Crippen molar-refractivity contribution >= 4 is 11.9 Å². The third-order valence-electron chi connectivity index (χ3n) is 5.15. The summed E-state index contributed by atoms with van der Waals surface area (Å²) in [5.74, 6) is 0.667. The predicted octanol–water partition coefficient (Wildman–Crippen LogP) is 5.56. The average molecular weight is 376 g/mol. The van der Waals surface area contributed by atoms with E-state index >= 15 is 0 Å². The van der Waals surface area contributed by atoms with Gasteiger partial charge >= 0.3 is 6.09 Å². The largest absolute Gasteiger partial charge is 0.443 e. The van der Waals surface area contributed by atoms with Crippen molar-refractivity contribution in [2.75, 3.05) is 18.0 Å². The second kappa shape index (κ2) is 9.54. The number of rotatable bonds is 6. The summed E-state index contributed by atoms with van der Waals surface area (Å²) < 4.78 is 5.61. The second-order valence-electron chi connectivity index (χ2n) is 8.60. The molecule has 0 N–H and O–H groups in total. The van der Waals surface area contributed by atoms with Gasteiger partial charge in [-0.25, -0.2) is 9.78 Å². The van der Waals surface area contributed by atoms with Crippen molar-refractivity contribution in [3.63, 3.8) is 0 Å². The zero-order chi connectivity index (χ0) is 20.0. The van der Waals surface area contributed by atoms with Gasteiger partial charge in [-0.1, -0.05) is 26.3 Å². The van der Waals surface area contributed by atoms with Gasteiger partial charge in [-0.15, -0.1) is 0 Å². The number of amides is 1. The Morgan fingerprint density at radius 1 is 1.33 bits per heavy atom. The molecule has 0 spiro atoms. The van der Waals surface area contributed by atoms with E-state index in [9.17, 15) is 4.79 Å². The molecule has 0 aromatic carbocycles. The van der Waals surface area contributed by atoms with E-state index in [-0.39, 0.29) is 12.1 Å². The number of hydrogen-bond donors (Lipinski definition) is 0. The Balaban J connectivity index is 2.22. The Labute approximate surface area is 165 Å². The van der Waals surface area contributed by atoms with Gasteiger partial charge in [0.1, 0.15) is 11.4 Å². The SMILES string of the molecule is CCCN1CCCCC1c1ccc(N(C(=O)OC(C)(C)C)C(C)CC)nc1. The number of hydrogen-bond acceptors (Lipinski definition) is 4. The van der Waals surface area contributed by atoms with E-state index in [2.05, 4.69) is 29.8 Å². The third-order valence-corrected chi connectivity index (χ3v) is 5.15. The summed E-state index contributed by atoms with van der Waals surface area (Å²) in [6.45, 7) is 14.3. The highest BCUT2D eigenvalue weighted by Gasteiger charge is 2.28. The maximum Gasteiger partial charge on any atom is 0.416 e. The first kappa shape index (κ1) is 21.7. The molecule has 1 aromatic heterocycles. The summed E-state index contributed by atoms with van der Waals surface area (Å²) >= 11 is 0. The number of pyridine rings is 1. The van der Waals surface area contributed by atoms with E-state index in [0.717, 1.165) is 19.5 Å². The number of carbonyl (C=O) groups excluding carboxylic acids is 1. The van der Waals surface area contributed by atoms with Crippen LogP contribution in [-0.4, -0.2) is 40.7 Å². The summed E-state index contributed by atoms with van der Waals surface area (Å²) in [5.41, 5.74) is 0.728. The van der Waals surface area contributed by atoms with Gasteiger partial charge in [-0.3, -0.25) is 9.80 Å². The lowest BCUT2D eigenvalue weighted by Gasteiger charge is -2.36. The van der Waals surface area contributed by atoms with E-state index in [1.54, 1.807) is 4.90 Å². The summed E-state index contributed by atoms with van der Waals surface area (Å²) in [6.07, 6.45) is 7.36. The van der Waals surface area contributed by atoms with Crippen LogP contribution in [0.15, 0.2) is 18.3 Å². The monoisotopic (exact) mass is 375 g/mol. The second-order valence-corrected chi connectivity index (χ2v) is 8.60. The molecule has 1 aromatic rings. The van der Waals surface area contributed by atoms with Gasteiger partial charge < -0.3 is 4.74 Å². The van der Waals surface area contributed by atoms with Crippen molar-refractivity contribution in [1.29, 1.82) is 0 Å². The number of piperidine rings is 1. The number of nitrogens with zero attached hydrogens (tertiary/aromatic N) is 3. The smallest absolute Gasteiger partial charge is 0.416 e. The number of likely N-dealkylation sites (tertiary alicyclic amines) is 1. The van der Waals surface area contributed by atoms with Gasteiger partial charge in [0.15, 0.2) is 0 Å². The number of ether oxygens (including phenoxy) is 1. The normalized spacial score (nSPS) is 19.6. The van der Waals surface area contributed by atoms with Crippen LogP contribution in [0.25, 0.3) is 0 Å². The summed E-state index contributed by atoms with van der Waals surface area (Å²) in [4.78, 5) is 21.7. The minimum absolute atomic E-state index is 0.0319. The maximum absolute atomic E-state index is 12.7. The minimum Gasteiger partial charge on any atom is -0.443 e. The molecule has 5 nitrogen and oxygen atoms in total. The molecule has 1 fully saturated rings. The van der Waals surface area contributed by atoms with Crippen LogP contribution >= 0.6 is 0 Å². The first-order valence-corrected chi connectivity index (χ1v) is 10.5. The highest BCUT2D eigenvalue weighted by atomic mass is 16.6. The number of aromatic nitrogens is 1. The fourth-order valence-electron chi connectivity index (χ4n) is 3.65. The van der Waals surface area contributed by atoms with E-state index in [1.807, 2.05) is 40.0 Å². The highest BCUT2D eigenvalue weighted by molar-refractivity contribution is 5.87. The first-order chi connectivity index (χ1) is 12.8. The summed E-state index contributed by atoms with van der Waals surface area (Å²) in [5, 5.41) is 0. The van der Waals surface area contributed by atoms with Gasteiger partial charge in [0.05, 0.1) is 0 Å². The molecule has 2 heterocycles. The molecule has 1 saturated heterocycles. The zero-order valence-corrected chi connectivity index (χ0v) is 18.0. The molecule has 5 heteroatoms. The van der Waals surface area contributed by atoms with Crippen LogP contribution in [0.2, 0.25) is 0 Å². The van der Waals surface area contributed by atoms with Crippen LogP contribution in [0.1, 0.15) is 85.3 Å². The Bertz CT molecular complexity index is 593. The van der Waals surface area contributed by atoms with Crippen molar-refractivity contribution < 1.29 is 9.53 Å². The van der Waals surface area contributed by atoms with Crippen molar-refractivity contribution in [3.8, 4) is 0 Å². The topological polar surface area (TPSA) is 45.7 Å². The van der Waals surface area contributed by atoms with E-state index < -0.39 is 5.60 Å². The van der Waals surface area contributed by atoms with Crippen LogP contribution in [0.5, 0.6) is 0 Å². The lowest BCUT2D eigenvalue weighted by atomic mass is 9.96. The molecular weight excluding hydrogens is 338 g/mol. The Hall–Kier alpha value is -1.62. The highest BCUT2D eigenvalue weighted by Crippen LogP contribution is 2.31. The molecule has 1 aliphatic rings. The lowest BCUT2D eigenvalue weighted by molar-refractivity contribution is 0.0566. The lowest BCUT2D eigenvalue weighted by Crippen LogP contribution is -2.42. The molecule has 0 saturated carbocycles. The van der Waals surface area contributed by atoms with E-state index in [4.69, 9.17) is 4.74 Å². The van der Waals surface area contributed by atoms with E-state index in [0.29, 0.717) is 11.9 Å². The standard InChI is InChI=1S/C22H37N3O2/c1-7-14-24-15-10-9-11-19(24)18-12-13-20(23-16-18)25(17(3)8-2)21(26)27-22(4,5)6/h12-13,16-17,19H,7-11,14-15H2,1-6H3. The van der Waals surface area contributed by atoms with Crippen LogP contribution in [0.4, 0.5) is 10.6 Å². The number of anilines is 1. The van der Waals surface area contributed by atoms with Gasteiger partial charge in [0.2, 0.25) is 0 Å². The third kappa shape index (κ3) is 5.93. The van der Waals surface area contributed by atoms with Crippen LogP contribution in [-0.2, 0) is 4.74 Å². The van der Waals surface area contributed by atoms with Gasteiger partial charge in [-0.2, -0.15) is 0 Å². The molecule has 2 rings (SSSR count). The fourth-order valence-corrected chi connectivity index (χ4v) is 3.65. The Morgan fingerprint density at radius 2 is 2.07 bits per heavy atom. The van der Waals surface area contributed by atoms with Gasteiger partial charge in [0.25, 0.3) is 0 Å². The quantitative estimate of drug-likeness (QED) is 0.653. The fraction of sp³-hybridized carbons (Fsp3) is 0.727. The summed E-state index contributed by atoms with van der Waals surface area (Å²) in [7, 11) is 0. The summed E-state index contributed by atoms with van der Waals surface area (Å²) in [6, 6.07) is 4.59.